The van der Waals surface area contributed by atoms with Crippen LogP contribution in [0.1, 0.15) is 89.0 Å². The highest BCUT2D eigenvalue weighted by molar-refractivity contribution is 8.14. The number of benzene rings is 2. The summed E-state index contributed by atoms with van der Waals surface area (Å²) in [5.41, 5.74) is 15.7. The number of hydrogen-bond donors (Lipinski definition) is 8. The number of alkyl carbamates (subject to hydrolysis) is 1. The monoisotopic (exact) mass is 980 g/mol. The van der Waals surface area contributed by atoms with E-state index in [2.05, 4.69) is 36.2 Å². The first-order chi connectivity index (χ1) is 32.4. The Hall–Kier alpha value is -6.00. The van der Waals surface area contributed by atoms with Crippen molar-refractivity contribution in [3.8, 4) is 11.1 Å². The second-order valence-corrected chi connectivity index (χ2v) is 20.2. The zero-order chi connectivity index (χ0) is 49.5. The molecule has 0 radical (unpaired) electrons. The van der Waals surface area contributed by atoms with Crippen LogP contribution in [0.3, 0.4) is 0 Å². The summed E-state index contributed by atoms with van der Waals surface area (Å²) >= 11 is 0.654. The smallest absolute Gasteiger partial charge is 0.407 e. The number of nitrogens with one attached hydrogen (secondary N) is 5. The van der Waals surface area contributed by atoms with Crippen LogP contribution >= 0.6 is 11.8 Å². The van der Waals surface area contributed by atoms with Crippen LogP contribution in [-0.4, -0.2) is 130 Å². The molecule has 1 saturated heterocycles. The first-order valence-electron chi connectivity index (χ1n) is 22.8. The van der Waals surface area contributed by atoms with Gasteiger partial charge < -0.3 is 47.4 Å². The van der Waals surface area contributed by atoms with Crippen molar-refractivity contribution >= 4 is 62.7 Å². The highest BCUT2D eigenvalue weighted by atomic mass is 32.2. The van der Waals surface area contributed by atoms with Gasteiger partial charge in [-0.2, -0.15) is 8.42 Å². The minimum Gasteiger partial charge on any atom is -0.449 e. The molecular formula is C46H64N10O10S2. The normalized spacial score (nSPS) is 16.6. The Balaban J connectivity index is 1.29. The van der Waals surface area contributed by atoms with E-state index in [-0.39, 0.29) is 75.3 Å². The third-order valence-electron chi connectivity index (χ3n) is 12.0. The van der Waals surface area contributed by atoms with Crippen LogP contribution in [0, 0.1) is 11.8 Å². The summed E-state index contributed by atoms with van der Waals surface area (Å²) in [5, 5.41) is 10.5. The number of carbonyl (C=O) groups is 6. The summed E-state index contributed by atoms with van der Waals surface area (Å²) < 4.78 is 37.5. The second kappa shape index (κ2) is 24.9. The van der Waals surface area contributed by atoms with E-state index >= 15 is 0 Å². The number of imidazole rings is 1. The molecular weight excluding hydrogens is 917 g/mol. The first-order valence-corrected chi connectivity index (χ1v) is 25.4. The van der Waals surface area contributed by atoms with Crippen molar-refractivity contribution in [1.29, 1.82) is 0 Å². The van der Waals surface area contributed by atoms with Gasteiger partial charge in [-0.25, -0.2) is 9.78 Å². The van der Waals surface area contributed by atoms with Crippen molar-refractivity contribution in [1.82, 2.24) is 36.1 Å². The number of carbonyl (C=O) groups excluding carboxylic acids is 6. The number of likely N-dealkylation sites (tertiary alicyclic amines) is 1. The molecule has 0 spiro atoms. The number of fused-ring (bicyclic) bond motifs is 3. The van der Waals surface area contributed by atoms with Crippen molar-refractivity contribution in [2.45, 2.75) is 109 Å². The molecule has 5 rings (SSSR count). The molecule has 370 valence electrons. The predicted molar refractivity (Wildman–Crippen MR) is 258 cm³/mol. The van der Waals surface area contributed by atoms with Gasteiger partial charge in [-0.1, -0.05) is 94.4 Å². The third kappa shape index (κ3) is 15.0. The Morgan fingerprint density at radius 2 is 1.60 bits per heavy atom. The molecule has 5 amide bonds. The minimum atomic E-state index is -4.32. The van der Waals surface area contributed by atoms with Crippen LogP contribution < -0.4 is 32.7 Å². The maximum atomic E-state index is 14.4. The minimum absolute atomic E-state index is 0.0191. The van der Waals surface area contributed by atoms with E-state index in [9.17, 15) is 37.2 Å². The van der Waals surface area contributed by atoms with E-state index in [4.69, 9.17) is 20.8 Å². The molecule has 0 unspecified atom stereocenters. The molecule has 2 aromatic carbocycles. The van der Waals surface area contributed by atoms with E-state index in [1.54, 1.807) is 6.92 Å². The number of guanidine groups is 1. The topological polar surface area (TPSA) is 310 Å². The van der Waals surface area contributed by atoms with E-state index in [1.165, 1.54) is 17.4 Å². The molecule has 6 atom stereocenters. The molecule has 0 bridgehead atoms. The molecule has 68 heavy (non-hydrogen) atoms. The Morgan fingerprint density at radius 3 is 2.21 bits per heavy atom. The fourth-order valence-corrected chi connectivity index (χ4v) is 10.1. The molecule has 1 aliphatic heterocycles. The summed E-state index contributed by atoms with van der Waals surface area (Å²) in [7, 11) is -4.32. The lowest BCUT2D eigenvalue weighted by molar-refractivity contribution is -0.141. The van der Waals surface area contributed by atoms with Crippen molar-refractivity contribution in [2.75, 3.05) is 31.2 Å². The number of aliphatic imine (C=N–C) groups is 1. The number of ether oxygens (including phenoxy) is 1. The molecule has 1 aromatic heterocycles. The van der Waals surface area contributed by atoms with Gasteiger partial charge in [0.1, 0.15) is 30.8 Å². The van der Waals surface area contributed by atoms with Crippen LogP contribution in [0.2, 0.25) is 0 Å². The predicted octanol–water partition coefficient (Wildman–Crippen LogP) is 2.60. The van der Waals surface area contributed by atoms with E-state index in [0.29, 0.717) is 30.3 Å². The Morgan fingerprint density at radius 1 is 0.941 bits per heavy atom. The number of amides is 5. The zero-order valence-electron chi connectivity index (χ0n) is 38.8. The summed E-state index contributed by atoms with van der Waals surface area (Å²) in [6, 6.07) is 10.3. The maximum absolute atomic E-state index is 14.4. The largest absolute Gasteiger partial charge is 0.449 e. The van der Waals surface area contributed by atoms with Gasteiger partial charge in [0.2, 0.25) is 28.7 Å². The summed E-state index contributed by atoms with van der Waals surface area (Å²) in [5.74, 6) is -4.32. The molecule has 10 N–H and O–H groups in total. The Bertz CT molecular complexity index is 2330. The number of aromatic nitrogens is 2. The molecule has 20 nitrogen and oxygen atoms in total. The maximum Gasteiger partial charge on any atom is 0.407 e. The van der Waals surface area contributed by atoms with Gasteiger partial charge in [0.05, 0.1) is 18.1 Å². The lowest BCUT2D eigenvalue weighted by Crippen LogP contribution is -2.60. The van der Waals surface area contributed by atoms with Crippen molar-refractivity contribution in [3.63, 3.8) is 0 Å². The summed E-state index contributed by atoms with van der Waals surface area (Å²) in [6.45, 7) is 7.61. The standard InChI is InChI=1S/C46H64N10O10S2/c1-5-28(4)39(42(59)52-35(16-10-18-50-45(47)48)40(57)53-37(22-27(2)3)44(61)67-20-21-68(63,64)65)55-41(58)38-17-11-19-56(38)43(60)36(23-29-24-49-26-51-29)54-46(62)66-25-34-32-14-8-6-12-30(32)31-13-7-9-15-33(31)34/h6-9,12-15,24,26-28,34-39H,5,10-11,16-23,25H2,1-4H3,(H,49,51)(H,52,59)(H,53,57)(H,54,62)(H,55,58)(H4,47,48,50)(H,63,64,65)/t28-,35-,36-,37-,38-,39-/m0/s1. The molecule has 3 aromatic rings. The molecule has 22 heteroatoms. The van der Waals surface area contributed by atoms with Gasteiger partial charge in [0.25, 0.3) is 10.1 Å². The average molecular weight is 981 g/mol. The molecule has 2 heterocycles. The summed E-state index contributed by atoms with van der Waals surface area (Å²) in [4.78, 5) is 96.0. The number of aromatic amines is 1. The van der Waals surface area contributed by atoms with Gasteiger partial charge in [0, 0.05) is 43.1 Å². The van der Waals surface area contributed by atoms with Gasteiger partial charge in [-0.3, -0.25) is 33.5 Å². The summed E-state index contributed by atoms with van der Waals surface area (Å²) in [6.07, 6.45) is 3.85. The second-order valence-electron chi connectivity index (χ2n) is 17.5. The van der Waals surface area contributed by atoms with Crippen LogP contribution in [-0.2, 0) is 45.2 Å². The van der Waals surface area contributed by atoms with Crippen LogP contribution in [0.25, 0.3) is 11.1 Å². The Kier molecular flexibility index (Phi) is 19.4. The number of rotatable bonds is 24. The van der Waals surface area contributed by atoms with Crippen molar-refractivity contribution in [2.24, 2.45) is 28.3 Å². The third-order valence-corrected chi connectivity index (χ3v) is 14.0. The van der Waals surface area contributed by atoms with Crippen molar-refractivity contribution in [3.05, 3.63) is 77.9 Å². The Labute approximate surface area is 401 Å². The van der Waals surface area contributed by atoms with E-state index < -0.39 is 86.8 Å². The zero-order valence-corrected chi connectivity index (χ0v) is 40.4. The fraction of sp³-hybridized carbons (Fsp3) is 0.522. The van der Waals surface area contributed by atoms with Crippen molar-refractivity contribution < 1.29 is 46.5 Å². The number of hydrogen-bond acceptors (Lipinski definition) is 12. The van der Waals surface area contributed by atoms with Gasteiger partial charge >= 0.3 is 6.09 Å². The van der Waals surface area contributed by atoms with Gasteiger partial charge in [-0.15, -0.1) is 0 Å². The molecule has 1 fully saturated rings. The van der Waals surface area contributed by atoms with E-state index in [1.807, 2.05) is 69.3 Å². The van der Waals surface area contributed by atoms with Crippen LogP contribution in [0.15, 0.2) is 66.0 Å². The quantitative estimate of drug-likeness (QED) is 0.0277. The average Bonchev–Trinajstić information content (AvgIpc) is 4.07. The number of nitrogens with zero attached hydrogens (tertiary/aromatic N) is 3. The highest BCUT2D eigenvalue weighted by Crippen LogP contribution is 2.44. The SMILES string of the molecule is CC[C@H](C)[C@H](NC(=O)[C@@H]1CCCN1C(=O)[C@H](Cc1cnc[nH]1)NC(=O)OCC1c2ccccc2-c2ccccc21)C(=O)N[C@@H](CCCN=C(N)N)C(=O)N[C@@H](CC(C)C)C(=O)SCCS(=O)(=O)O. The lowest BCUT2D eigenvalue weighted by atomic mass is 9.96. The molecule has 1 aliphatic carbocycles. The number of H-pyrrole nitrogens is 1. The highest BCUT2D eigenvalue weighted by Gasteiger charge is 2.41. The fourth-order valence-electron chi connectivity index (χ4n) is 8.39. The lowest BCUT2D eigenvalue weighted by Gasteiger charge is -2.31. The van der Waals surface area contributed by atoms with Gasteiger partial charge in [0.15, 0.2) is 5.96 Å². The van der Waals surface area contributed by atoms with Gasteiger partial charge in [-0.05, 0) is 66.2 Å². The number of thioether (sulfide) groups is 1. The molecule has 2 aliphatic rings. The van der Waals surface area contributed by atoms with Crippen LogP contribution in [0.4, 0.5) is 4.79 Å². The molecule has 0 saturated carbocycles. The first kappa shape index (κ1) is 53.0. The van der Waals surface area contributed by atoms with E-state index in [0.717, 1.165) is 22.3 Å². The van der Waals surface area contributed by atoms with Crippen LogP contribution in [0.5, 0.6) is 0 Å². The number of nitrogens with two attached hydrogens (primary N) is 2.